The first-order valence-electron chi connectivity index (χ1n) is 5.69. The Balaban J connectivity index is 2.39. The second kappa shape index (κ2) is 4.93. The van der Waals surface area contributed by atoms with Crippen LogP contribution in [0.4, 0.5) is 0 Å². The van der Waals surface area contributed by atoms with Gasteiger partial charge in [0.05, 0.1) is 12.2 Å². The van der Waals surface area contributed by atoms with Crippen LogP contribution in [0.25, 0.3) is 0 Å². The number of aryl methyl sites for hydroxylation is 1. The molecule has 0 atom stereocenters. The molecule has 0 fully saturated rings. The molecule has 0 N–H and O–H groups in total. The Bertz CT molecular complexity index is 441. The number of rotatable bonds is 1. The summed E-state index contributed by atoms with van der Waals surface area (Å²) in [4.78, 5) is 13.6. The zero-order valence-electron chi connectivity index (χ0n) is 10.4. The highest BCUT2D eigenvalue weighted by atomic mass is 127. The van der Waals surface area contributed by atoms with Gasteiger partial charge in [0.2, 0.25) is 0 Å². The molecule has 1 aliphatic rings. The maximum Gasteiger partial charge on any atom is 0.274 e. The van der Waals surface area contributed by atoms with Crippen molar-refractivity contribution in [2.75, 3.05) is 20.6 Å². The molecule has 6 heteroatoms. The maximum absolute atomic E-state index is 12.0. The molecule has 0 unspecified atom stereocenters. The summed E-state index contributed by atoms with van der Waals surface area (Å²) in [6.07, 6.45) is 1.08. The molecule has 2 heterocycles. The van der Waals surface area contributed by atoms with Crippen molar-refractivity contribution in [3.8, 4) is 0 Å². The molecule has 1 amide bonds. The molecule has 0 aliphatic carbocycles. The van der Waals surface area contributed by atoms with Crippen molar-refractivity contribution in [1.82, 2.24) is 17.8 Å². The van der Waals surface area contributed by atoms with Crippen LogP contribution in [0.15, 0.2) is 0 Å². The first-order valence-corrected chi connectivity index (χ1v) is 6.66. The van der Waals surface area contributed by atoms with Crippen molar-refractivity contribution in [3.63, 3.8) is 0 Å². The van der Waals surface area contributed by atoms with Gasteiger partial charge in [-0.25, -0.2) is 3.11 Å². The van der Waals surface area contributed by atoms with Crippen LogP contribution >= 0.6 is 22.9 Å². The van der Waals surface area contributed by atoms with Gasteiger partial charge in [0.15, 0.2) is 5.69 Å². The fourth-order valence-electron chi connectivity index (χ4n) is 2.02. The van der Waals surface area contributed by atoms with E-state index < -0.39 is 0 Å². The molecule has 5 nitrogen and oxygen atoms in total. The van der Waals surface area contributed by atoms with Gasteiger partial charge < -0.3 is 4.90 Å². The number of halogens is 1. The van der Waals surface area contributed by atoms with Gasteiger partial charge in [0.25, 0.3) is 5.91 Å². The Kier molecular flexibility index (Phi) is 3.72. The van der Waals surface area contributed by atoms with E-state index in [1.54, 1.807) is 19.0 Å². The smallest absolute Gasteiger partial charge is 0.274 e. The second-order valence-electron chi connectivity index (χ2n) is 4.54. The summed E-state index contributed by atoms with van der Waals surface area (Å²) in [6.45, 7) is 4.82. The third-order valence-electron chi connectivity index (χ3n) is 3.02. The highest BCUT2D eigenvalue weighted by Gasteiger charge is 2.23. The number of carbonyl (C=O) groups excluding carboxylic acids is 1. The van der Waals surface area contributed by atoms with E-state index in [1.807, 2.05) is 11.6 Å². The van der Waals surface area contributed by atoms with Gasteiger partial charge in [-0.15, -0.1) is 0 Å². The number of aromatic nitrogens is 2. The summed E-state index contributed by atoms with van der Waals surface area (Å²) in [5, 5.41) is 4.46. The average Bonchev–Trinajstić information content (AvgIpc) is 2.47. The van der Waals surface area contributed by atoms with E-state index in [0.717, 1.165) is 31.6 Å². The standard InChI is InChI=1S/C11H17IN4O/c1-8-9-7-15(12)5-4-6-16(9)13-10(8)11(17)14(2)3/h4-7H2,1-3H3. The fourth-order valence-corrected chi connectivity index (χ4v) is 2.68. The van der Waals surface area contributed by atoms with E-state index in [4.69, 9.17) is 0 Å². The van der Waals surface area contributed by atoms with Crippen molar-refractivity contribution in [1.29, 1.82) is 0 Å². The molecule has 94 valence electrons. The average molecular weight is 348 g/mol. The molecular weight excluding hydrogens is 331 g/mol. The van der Waals surface area contributed by atoms with Crippen LogP contribution < -0.4 is 0 Å². The lowest BCUT2D eigenvalue weighted by atomic mass is 10.2. The van der Waals surface area contributed by atoms with Gasteiger partial charge >= 0.3 is 0 Å². The number of carbonyl (C=O) groups is 1. The summed E-state index contributed by atoms with van der Waals surface area (Å²) in [6, 6.07) is 0. The van der Waals surface area contributed by atoms with E-state index in [0.29, 0.717) is 5.69 Å². The van der Waals surface area contributed by atoms with Gasteiger partial charge in [-0.2, -0.15) is 5.10 Å². The number of amides is 1. The largest absolute Gasteiger partial charge is 0.343 e. The van der Waals surface area contributed by atoms with Gasteiger partial charge in [0, 0.05) is 55.6 Å². The lowest BCUT2D eigenvalue weighted by Gasteiger charge is -2.11. The van der Waals surface area contributed by atoms with Crippen molar-refractivity contribution in [2.45, 2.75) is 26.4 Å². The minimum absolute atomic E-state index is 0.0110. The van der Waals surface area contributed by atoms with Gasteiger partial charge in [-0.3, -0.25) is 9.48 Å². The van der Waals surface area contributed by atoms with E-state index in [2.05, 4.69) is 31.1 Å². The van der Waals surface area contributed by atoms with Crippen LogP contribution in [0.3, 0.4) is 0 Å². The number of hydrogen-bond donors (Lipinski definition) is 0. The molecule has 1 aromatic rings. The summed E-state index contributed by atoms with van der Waals surface area (Å²) in [5.41, 5.74) is 2.78. The Labute approximate surface area is 115 Å². The number of hydrogen-bond acceptors (Lipinski definition) is 3. The Morgan fingerprint density at radius 1 is 1.41 bits per heavy atom. The minimum Gasteiger partial charge on any atom is -0.343 e. The SMILES string of the molecule is Cc1c(C(=O)N(C)C)nn2c1CN(I)CCC2. The van der Waals surface area contributed by atoms with Crippen molar-refractivity contribution >= 4 is 28.8 Å². The zero-order valence-corrected chi connectivity index (χ0v) is 12.6. The topological polar surface area (TPSA) is 41.4 Å². The molecule has 0 aromatic carbocycles. The van der Waals surface area contributed by atoms with Gasteiger partial charge in [-0.05, 0) is 13.3 Å². The molecule has 1 aromatic heterocycles. The Morgan fingerprint density at radius 3 is 2.76 bits per heavy atom. The quantitative estimate of drug-likeness (QED) is 0.570. The lowest BCUT2D eigenvalue weighted by Crippen LogP contribution is -2.23. The zero-order chi connectivity index (χ0) is 12.6. The summed E-state index contributed by atoms with van der Waals surface area (Å²) in [7, 11) is 3.52. The fraction of sp³-hybridized carbons (Fsp3) is 0.636. The monoisotopic (exact) mass is 348 g/mol. The van der Waals surface area contributed by atoms with Gasteiger partial charge in [0.1, 0.15) is 0 Å². The molecule has 0 radical (unpaired) electrons. The Morgan fingerprint density at radius 2 is 2.12 bits per heavy atom. The van der Waals surface area contributed by atoms with E-state index in [9.17, 15) is 4.79 Å². The van der Waals surface area contributed by atoms with Crippen molar-refractivity contribution in [3.05, 3.63) is 17.0 Å². The predicted octanol–water partition coefficient (Wildman–Crippen LogP) is 1.45. The predicted molar refractivity (Wildman–Crippen MR) is 74.0 cm³/mol. The molecule has 0 saturated heterocycles. The van der Waals surface area contributed by atoms with E-state index in [1.165, 1.54) is 5.69 Å². The van der Waals surface area contributed by atoms with E-state index >= 15 is 0 Å². The van der Waals surface area contributed by atoms with E-state index in [-0.39, 0.29) is 5.91 Å². The minimum atomic E-state index is -0.0110. The van der Waals surface area contributed by atoms with Crippen LogP contribution in [-0.4, -0.2) is 44.3 Å². The second-order valence-corrected chi connectivity index (χ2v) is 5.91. The summed E-state index contributed by atoms with van der Waals surface area (Å²) in [5.74, 6) is -0.0110. The highest BCUT2D eigenvalue weighted by Crippen LogP contribution is 2.21. The first kappa shape index (κ1) is 12.8. The van der Waals surface area contributed by atoms with Crippen LogP contribution in [0.1, 0.15) is 28.2 Å². The van der Waals surface area contributed by atoms with Gasteiger partial charge in [-0.1, -0.05) is 0 Å². The third kappa shape index (κ3) is 2.47. The molecule has 2 rings (SSSR count). The lowest BCUT2D eigenvalue weighted by molar-refractivity contribution is 0.0820. The Hall–Kier alpha value is -0.630. The normalized spacial score (nSPS) is 16.5. The van der Waals surface area contributed by atoms with Crippen LogP contribution in [-0.2, 0) is 13.1 Å². The molecule has 17 heavy (non-hydrogen) atoms. The third-order valence-corrected chi connectivity index (χ3v) is 3.84. The summed E-state index contributed by atoms with van der Waals surface area (Å²) < 4.78 is 4.24. The molecule has 0 spiro atoms. The van der Waals surface area contributed by atoms with Crippen LogP contribution in [0, 0.1) is 6.92 Å². The maximum atomic E-state index is 12.0. The molecule has 1 aliphatic heterocycles. The molecular formula is C11H17IN4O. The van der Waals surface area contributed by atoms with Crippen LogP contribution in [0.2, 0.25) is 0 Å². The van der Waals surface area contributed by atoms with Crippen LogP contribution in [0.5, 0.6) is 0 Å². The summed E-state index contributed by atoms with van der Waals surface area (Å²) >= 11 is 2.33. The van der Waals surface area contributed by atoms with Crippen molar-refractivity contribution < 1.29 is 4.79 Å². The molecule has 0 saturated carbocycles. The first-order chi connectivity index (χ1) is 8.00. The number of nitrogens with zero attached hydrogens (tertiary/aromatic N) is 4. The molecule has 0 bridgehead atoms. The highest BCUT2D eigenvalue weighted by molar-refractivity contribution is 14.1. The van der Waals surface area contributed by atoms with Crippen molar-refractivity contribution in [2.24, 2.45) is 0 Å². The number of fused-ring (bicyclic) bond motifs is 1.